The van der Waals surface area contributed by atoms with E-state index >= 15 is 0 Å². The van der Waals surface area contributed by atoms with Crippen LogP contribution in [0.4, 0.5) is 24.5 Å². The van der Waals surface area contributed by atoms with Crippen molar-refractivity contribution in [3.8, 4) is 0 Å². The Kier molecular flexibility index (Phi) is 6.65. The number of hydrogen-bond donors (Lipinski definition) is 1. The topological polar surface area (TPSA) is 78.8 Å². The summed E-state index contributed by atoms with van der Waals surface area (Å²) in [4.78, 5) is 18.5. The lowest BCUT2D eigenvalue weighted by atomic mass is 10.1. The smallest absolute Gasteiger partial charge is 0.325 e. The molecule has 0 saturated carbocycles. The Morgan fingerprint density at radius 1 is 1.21 bits per heavy atom. The highest BCUT2D eigenvalue weighted by atomic mass is 35.5. The second-order valence-corrected chi connectivity index (χ2v) is 11.8. The molecular weight excluding hydrogens is 511 g/mol. The van der Waals surface area contributed by atoms with Gasteiger partial charge < -0.3 is 10.2 Å². The van der Waals surface area contributed by atoms with E-state index in [1.807, 2.05) is 26.0 Å². The van der Waals surface area contributed by atoms with Gasteiger partial charge in [-0.25, -0.2) is 8.42 Å². The summed E-state index contributed by atoms with van der Waals surface area (Å²) in [6.07, 6.45) is -4.60. The van der Waals surface area contributed by atoms with E-state index in [0.717, 1.165) is 41.1 Å². The zero-order valence-electron chi connectivity index (χ0n) is 18.2. The van der Waals surface area contributed by atoms with Gasteiger partial charge in [-0.15, -0.1) is 0 Å². The molecule has 1 amide bonds. The lowest BCUT2D eigenvalue weighted by Gasteiger charge is -2.28. The SMILES string of the molecule is Cc1ccc(NC(=O)CSC2=N[C@@H]3CS(=O)(=O)C[C@H]3N2c2cc(C(F)(F)F)ccc2Cl)c(C)c1. The van der Waals surface area contributed by atoms with Gasteiger partial charge in [-0.3, -0.25) is 9.79 Å². The van der Waals surface area contributed by atoms with Crippen LogP contribution in [0, 0.1) is 13.8 Å². The molecule has 1 fully saturated rings. The third kappa shape index (κ3) is 5.21. The van der Waals surface area contributed by atoms with Crippen LogP contribution in [0.2, 0.25) is 5.02 Å². The zero-order valence-corrected chi connectivity index (χ0v) is 20.6. The molecule has 2 aliphatic heterocycles. The van der Waals surface area contributed by atoms with Crippen molar-refractivity contribution < 1.29 is 26.4 Å². The Labute approximate surface area is 204 Å². The minimum atomic E-state index is -4.60. The van der Waals surface area contributed by atoms with Crippen molar-refractivity contribution in [1.29, 1.82) is 0 Å². The lowest BCUT2D eigenvalue weighted by Crippen LogP contribution is -2.39. The third-order valence-electron chi connectivity index (χ3n) is 5.63. The fourth-order valence-electron chi connectivity index (χ4n) is 4.06. The van der Waals surface area contributed by atoms with Crippen LogP contribution in [0.5, 0.6) is 0 Å². The van der Waals surface area contributed by atoms with Gasteiger partial charge in [-0.05, 0) is 43.7 Å². The average molecular weight is 532 g/mol. The molecule has 1 N–H and O–H groups in total. The number of aliphatic imine (C=N–C) groups is 1. The molecule has 0 aliphatic carbocycles. The van der Waals surface area contributed by atoms with Crippen LogP contribution in [0.1, 0.15) is 16.7 Å². The zero-order chi connectivity index (χ0) is 24.8. The summed E-state index contributed by atoms with van der Waals surface area (Å²) in [5.74, 6) is -0.846. The molecule has 2 aromatic carbocycles. The number of anilines is 2. The van der Waals surface area contributed by atoms with E-state index in [2.05, 4.69) is 10.3 Å². The van der Waals surface area contributed by atoms with E-state index < -0.39 is 33.7 Å². The Morgan fingerprint density at radius 2 is 1.94 bits per heavy atom. The monoisotopic (exact) mass is 531 g/mol. The maximum absolute atomic E-state index is 13.3. The number of sulfone groups is 1. The van der Waals surface area contributed by atoms with Crippen molar-refractivity contribution in [2.24, 2.45) is 4.99 Å². The number of rotatable bonds is 4. The molecule has 2 aliphatic rings. The first-order valence-electron chi connectivity index (χ1n) is 10.3. The molecule has 0 unspecified atom stereocenters. The summed E-state index contributed by atoms with van der Waals surface area (Å²) in [5, 5.41) is 3.11. The third-order valence-corrected chi connectivity index (χ3v) is 8.61. The van der Waals surface area contributed by atoms with Crippen LogP contribution in [-0.4, -0.2) is 48.8 Å². The number of thioether (sulfide) groups is 1. The molecule has 12 heteroatoms. The minimum absolute atomic E-state index is 0.0159. The Hall–Kier alpha value is -2.24. The van der Waals surface area contributed by atoms with Crippen molar-refractivity contribution >= 4 is 55.6 Å². The van der Waals surface area contributed by atoms with Crippen LogP contribution in [0.3, 0.4) is 0 Å². The van der Waals surface area contributed by atoms with Gasteiger partial charge in [0.1, 0.15) is 0 Å². The van der Waals surface area contributed by atoms with Gasteiger partial charge in [0.15, 0.2) is 15.0 Å². The van der Waals surface area contributed by atoms with Gasteiger partial charge in [-0.1, -0.05) is 41.1 Å². The summed E-state index contributed by atoms with van der Waals surface area (Å²) in [7, 11) is -3.40. The number of nitrogens with one attached hydrogen (secondary N) is 1. The van der Waals surface area contributed by atoms with Crippen molar-refractivity contribution in [3.05, 3.63) is 58.1 Å². The second kappa shape index (κ2) is 9.09. The number of aryl methyl sites for hydroxylation is 2. The first-order valence-corrected chi connectivity index (χ1v) is 13.5. The van der Waals surface area contributed by atoms with Gasteiger partial charge in [0.05, 0.1) is 45.6 Å². The van der Waals surface area contributed by atoms with Crippen LogP contribution in [-0.2, 0) is 20.8 Å². The molecule has 2 atom stereocenters. The fraction of sp³-hybridized carbons (Fsp3) is 0.364. The van der Waals surface area contributed by atoms with Crippen LogP contribution >= 0.6 is 23.4 Å². The lowest BCUT2D eigenvalue weighted by molar-refractivity contribution is -0.137. The van der Waals surface area contributed by atoms with Gasteiger partial charge in [-0.2, -0.15) is 13.2 Å². The van der Waals surface area contributed by atoms with E-state index in [0.29, 0.717) is 5.69 Å². The molecule has 0 aromatic heterocycles. The Bertz CT molecular complexity index is 1280. The average Bonchev–Trinajstić information content (AvgIpc) is 3.19. The highest BCUT2D eigenvalue weighted by molar-refractivity contribution is 8.14. The number of amides is 1. The summed E-state index contributed by atoms with van der Waals surface area (Å²) in [6, 6.07) is 7.17. The highest BCUT2D eigenvalue weighted by Gasteiger charge is 2.48. The summed E-state index contributed by atoms with van der Waals surface area (Å²) < 4.78 is 64.4. The number of carbonyl (C=O) groups is 1. The first-order chi connectivity index (χ1) is 15.8. The molecule has 6 nitrogen and oxygen atoms in total. The molecule has 4 rings (SSSR count). The van der Waals surface area contributed by atoms with Gasteiger partial charge in [0.25, 0.3) is 0 Å². The number of halogens is 4. The number of hydrogen-bond acceptors (Lipinski definition) is 6. The van der Waals surface area contributed by atoms with Crippen LogP contribution in [0.15, 0.2) is 41.4 Å². The van der Waals surface area contributed by atoms with Crippen molar-refractivity contribution in [1.82, 2.24) is 0 Å². The molecular formula is C22H21ClF3N3O3S2. The molecule has 1 saturated heterocycles. The second-order valence-electron chi connectivity index (χ2n) is 8.31. The molecule has 0 radical (unpaired) electrons. The van der Waals surface area contributed by atoms with E-state index in [1.54, 1.807) is 6.07 Å². The van der Waals surface area contributed by atoms with Crippen molar-refractivity contribution in [2.45, 2.75) is 32.1 Å². The summed E-state index contributed by atoms with van der Waals surface area (Å²) in [5.41, 5.74) is 1.72. The van der Waals surface area contributed by atoms with Crippen LogP contribution in [0.25, 0.3) is 0 Å². The Balaban J connectivity index is 1.59. The van der Waals surface area contributed by atoms with E-state index in [4.69, 9.17) is 11.6 Å². The van der Waals surface area contributed by atoms with E-state index in [1.165, 1.54) is 4.90 Å². The summed E-state index contributed by atoms with van der Waals surface area (Å²) >= 11 is 7.28. The molecule has 182 valence electrons. The number of nitrogens with zero attached hydrogens (tertiary/aromatic N) is 2. The largest absolute Gasteiger partial charge is 0.416 e. The summed E-state index contributed by atoms with van der Waals surface area (Å²) in [6.45, 7) is 3.81. The molecule has 2 heterocycles. The number of fused-ring (bicyclic) bond motifs is 1. The van der Waals surface area contributed by atoms with Gasteiger partial charge in [0.2, 0.25) is 5.91 Å². The molecule has 0 spiro atoms. The van der Waals surface area contributed by atoms with Gasteiger partial charge >= 0.3 is 6.18 Å². The maximum Gasteiger partial charge on any atom is 0.416 e. The molecule has 0 bridgehead atoms. The number of carbonyl (C=O) groups excluding carboxylic acids is 1. The molecule has 34 heavy (non-hydrogen) atoms. The Morgan fingerprint density at radius 3 is 2.62 bits per heavy atom. The molecule has 2 aromatic rings. The maximum atomic E-state index is 13.3. The van der Waals surface area contributed by atoms with E-state index in [9.17, 15) is 26.4 Å². The number of amidine groups is 1. The normalized spacial score (nSPS) is 21.4. The van der Waals surface area contributed by atoms with Crippen molar-refractivity contribution in [2.75, 3.05) is 27.5 Å². The predicted octanol–water partition coefficient (Wildman–Crippen LogP) is 4.69. The van der Waals surface area contributed by atoms with E-state index in [-0.39, 0.29) is 39.0 Å². The first kappa shape index (κ1) is 24.9. The minimum Gasteiger partial charge on any atom is -0.325 e. The number of alkyl halides is 3. The highest BCUT2D eigenvalue weighted by Crippen LogP contribution is 2.41. The predicted molar refractivity (Wildman–Crippen MR) is 130 cm³/mol. The van der Waals surface area contributed by atoms with Gasteiger partial charge in [0, 0.05) is 5.69 Å². The standard InChI is InChI=1S/C22H21ClF3N3O3S2/c1-12-3-6-16(13(2)7-12)27-20(30)9-33-21-28-17-10-34(31,32)11-19(17)29(21)18-8-14(22(24,25)26)4-5-15(18)23/h3-8,17,19H,9-11H2,1-2H3,(H,27,30)/t17-,19-/m1/s1. The quantitative estimate of drug-likeness (QED) is 0.619. The van der Waals surface area contributed by atoms with Crippen molar-refractivity contribution in [3.63, 3.8) is 0 Å². The van der Waals surface area contributed by atoms with Crippen LogP contribution < -0.4 is 10.2 Å². The fourth-order valence-corrected chi connectivity index (χ4v) is 7.03. The number of benzene rings is 2.